The van der Waals surface area contributed by atoms with E-state index in [0.29, 0.717) is 0 Å². The van der Waals surface area contributed by atoms with Gasteiger partial charge in [-0.25, -0.2) is 0 Å². The molecule has 122 valence electrons. The molecule has 0 spiro atoms. The SMILES string of the molecule is CCC(C)CCC(C)CCCCCCCCCC(C)C. The molecule has 0 heterocycles. The lowest BCUT2D eigenvalue weighted by Gasteiger charge is -2.14. The first-order chi connectivity index (χ1) is 9.56. The summed E-state index contributed by atoms with van der Waals surface area (Å²) < 4.78 is 0. The Morgan fingerprint density at radius 3 is 1.45 bits per heavy atom. The Kier molecular flexibility index (Phi) is 14.0. The Morgan fingerprint density at radius 2 is 0.950 bits per heavy atom. The zero-order chi connectivity index (χ0) is 15.2. The smallest absolute Gasteiger partial charge is 0.0443 e. The minimum atomic E-state index is 0.895. The molecule has 2 atom stereocenters. The van der Waals surface area contributed by atoms with Gasteiger partial charge in [-0.2, -0.15) is 0 Å². The fraction of sp³-hybridized carbons (Fsp3) is 1.00. The van der Waals surface area contributed by atoms with E-state index < -0.39 is 0 Å². The molecule has 0 aromatic heterocycles. The van der Waals surface area contributed by atoms with Crippen LogP contribution in [0.5, 0.6) is 0 Å². The number of rotatable bonds is 14. The van der Waals surface area contributed by atoms with Gasteiger partial charge in [-0.1, -0.05) is 112 Å². The van der Waals surface area contributed by atoms with Crippen LogP contribution in [0.2, 0.25) is 0 Å². The van der Waals surface area contributed by atoms with E-state index in [-0.39, 0.29) is 0 Å². The van der Waals surface area contributed by atoms with Crippen molar-refractivity contribution >= 4 is 0 Å². The van der Waals surface area contributed by atoms with Gasteiger partial charge in [-0.05, 0) is 17.8 Å². The van der Waals surface area contributed by atoms with E-state index in [1.165, 1.54) is 77.0 Å². The van der Waals surface area contributed by atoms with Crippen LogP contribution in [-0.2, 0) is 0 Å². The summed E-state index contributed by atoms with van der Waals surface area (Å²) in [7, 11) is 0. The number of hydrogen-bond donors (Lipinski definition) is 0. The molecule has 0 saturated carbocycles. The maximum Gasteiger partial charge on any atom is -0.0443 e. The van der Waals surface area contributed by atoms with Crippen LogP contribution in [0.3, 0.4) is 0 Å². The number of unbranched alkanes of at least 4 members (excludes halogenated alkanes) is 6. The van der Waals surface area contributed by atoms with Gasteiger partial charge in [0, 0.05) is 0 Å². The molecule has 20 heavy (non-hydrogen) atoms. The third-order valence-corrected chi connectivity index (χ3v) is 4.83. The van der Waals surface area contributed by atoms with Gasteiger partial charge in [0.15, 0.2) is 0 Å². The van der Waals surface area contributed by atoms with Crippen LogP contribution in [-0.4, -0.2) is 0 Å². The van der Waals surface area contributed by atoms with Crippen molar-refractivity contribution in [1.29, 1.82) is 0 Å². The second kappa shape index (κ2) is 14.0. The molecule has 0 aromatic rings. The van der Waals surface area contributed by atoms with E-state index in [4.69, 9.17) is 0 Å². The lowest BCUT2D eigenvalue weighted by molar-refractivity contribution is 0.392. The summed E-state index contributed by atoms with van der Waals surface area (Å²) in [5.41, 5.74) is 0. The van der Waals surface area contributed by atoms with Gasteiger partial charge in [-0.15, -0.1) is 0 Å². The Hall–Kier alpha value is 0. The molecule has 0 aliphatic carbocycles. The zero-order valence-electron chi connectivity index (χ0n) is 15.2. The Bertz CT molecular complexity index is 182. The lowest BCUT2D eigenvalue weighted by atomic mass is 9.92. The Labute approximate surface area is 130 Å². The van der Waals surface area contributed by atoms with Crippen LogP contribution in [0, 0.1) is 17.8 Å². The number of hydrogen-bond acceptors (Lipinski definition) is 0. The van der Waals surface area contributed by atoms with E-state index in [0.717, 1.165) is 17.8 Å². The largest absolute Gasteiger partial charge is 0.0651 e. The van der Waals surface area contributed by atoms with Crippen molar-refractivity contribution in [3.05, 3.63) is 0 Å². The van der Waals surface area contributed by atoms with E-state index in [1.54, 1.807) is 0 Å². The first kappa shape index (κ1) is 20.0. The molecule has 0 radical (unpaired) electrons. The van der Waals surface area contributed by atoms with Crippen molar-refractivity contribution in [2.24, 2.45) is 17.8 Å². The minimum absolute atomic E-state index is 0.895. The van der Waals surface area contributed by atoms with Gasteiger partial charge >= 0.3 is 0 Å². The van der Waals surface area contributed by atoms with Gasteiger partial charge in [0.2, 0.25) is 0 Å². The molecule has 0 nitrogen and oxygen atoms in total. The molecule has 0 saturated heterocycles. The van der Waals surface area contributed by atoms with Crippen molar-refractivity contribution in [2.75, 3.05) is 0 Å². The highest BCUT2D eigenvalue weighted by atomic mass is 14.1. The predicted molar refractivity (Wildman–Crippen MR) is 94.2 cm³/mol. The summed E-state index contributed by atoms with van der Waals surface area (Å²) in [6, 6.07) is 0. The third kappa shape index (κ3) is 14.4. The Balaban J connectivity index is 3.19. The average Bonchev–Trinajstić information content (AvgIpc) is 2.42. The molecule has 0 amide bonds. The summed E-state index contributed by atoms with van der Waals surface area (Å²) in [5.74, 6) is 2.78. The summed E-state index contributed by atoms with van der Waals surface area (Å²) >= 11 is 0. The molecule has 0 N–H and O–H groups in total. The van der Waals surface area contributed by atoms with Gasteiger partial charge in [0.25, 0.3) is 0 Å². The minimum Gasteiger partial charge on any atom is -0.0651 e. The second-order valence-corrected chi connectivity index (χ2v) is 7.64. The predicted octanol–water partition coefficient (Wildman–Crippen LogP) is 7.62. The van der Waals surface area contributed by atoms with Crippen LogP contribution in [0.4, 0.5) is 0 Å². The van der Waals surface area contributed by atoms with Crippen LogP contribution in [0.25, 0.3) is 0 Å². The van der Waals surface area contributed by atoms with Gasteiger partial charge < -0.3 is 0 Å². The molecule has 0 bridgehead atoms. The molecule has 0 aliphatic heterocycles. The van der Waals surface area contributed by atoms with Crippen molar-refractivity contribution in [3.63, 3.8) is 0 Å². The van der Waals surface area contributed by atoms with Crippen LogP contribution in [0.15, 0.2) is 0 Å². The molecular formula is C20H42. The van der Waals surface area contributed by atoms with Crippen LogP contribution >= 0.6 is 0 Å². The van der Waals surface area contributed by atoms with E-state index in [2.05, 4.69) is 34.6 Å². The van der Waals surface area contributed by atoms with Crippen molar-refractivity contribution in [1.82, 2.24) is 0 Å². The summed E-state index contributed by atoms with van der Waals surface area (Å²) in [4.78, 5) is 0. The molecule has 0 aromatic carbocycles. The molecule has 2 unspecified atom stereocenters. The van der Waals surface area contributed by atoms with E-state index in [9.17, 15) is 0 Å². The maximum absolute atomic E-state index is 2.45. The Morgan fingerprint density at radius 1 is 0.500 bits per heavy atom. The summed E-state index contributed by atoms with van der Waals surface area (Å²) in [6.45, 7) is 11.8. The van der Waals surface area contributed by atoms with Gasteiger partial charge in [-0.3, -0.25) is 0 Å². The quantitative estimate of drug-likeness (QED) is 0.287. The fourth-order valence-electron chi connectivity index (χ4n) is 2.85. The van der Waals surface area contributed by atoms with Crippen molar-refractivity contribution < 1.29 is 0 Å². The summed E-state index contributed by atoms with van der Waals surface area (Å²) in [6.07, 6.45) is 17.4. The standard InChI is InChI=1S/C20H42/c1-6-19(4)16-17-20(5)15-13-11-9-7-8-10-12-14-18(2)3/h18-20H,6-17H2,1-5H3. The highest BCUT2D eigenvalue weighted by Crippen LogP contribution is 2.20. The highest BCUT2D eigenvalue weighted by molar-refractivity contribution is 4.58. The van der Waals surface area contributed by atoms with Crippen LogP contribution in [0.1, 0.15) is 112 Å². The van der Waals surface area contributed by atoms with Crippen molar-refractivity contribution in [3.8, 4) is 0 Å². The zero-order valence-corrected chi connectivity index (χ0v) is 15.2. The summed E-state index contributed by atoms with van der Waals surface area (Å²) in [5, 5.41) is 0. The fourth-order valence-corrected chi connectivity index (χ4v) is 2.85. The van der Waals surface area contributed by atoms with Gasteiger partial charge in [0.05, 0.1) is 0 Å². The molecule has 0 rings (SSSR count). The monoisotopic (exact) mass is 282 g/mol. The molecule has 0 fully saturated rings. The third-order valence-electron chi connectivity index (χ3n) is 4.83. The highest BCUT2D eigenvalue weighted by Gasteiger charge is 2.05. The first-order valence-corrected chi connectivity index (χ1v) is 9.56. The topological polar surface area (TPSA) is 0 Å². The second-order valence-electron chi connectivity index (χ2n) is 7.64. The first-order valence-electron chi connectivity index (χ1n) is 9.56. The lowest BCUT2D eigenvalue weighted by Crippen LogP contribution is -1.99. The normalized spacial score (nSPS) is 14.7. The van der Waals surface area contributed by atoms with Crippen LogP contribution < -0.4 is 0 Å². The molecule has 0 aliphatic rings. The van der Waals surface area contributed by atoms with E-state index in [1.807, 2.05) is 0 Å². The molecular weight excluding hydrogens is 240 g/mol. The molecule has 0 heteroatoms. The average molecular weight is 283 g/mol. The van der Waals surface area contributed by atoms with E-state index >= 15 is 0 Å². The van der Waals surface area contributed by atoms with Gasteiger partial charge in [0.1, 0.15) is 0 Å². The van der Waals surface area contributed by atoms with Crippen molar-refractivity contribution in [2.45, 2.75) is 112 Å². The maximum atomic E-state index is 2.45.